The Morgan fingerprint density at radius 1 is 1.11 bits per heavy atom. The Morgan fingerprint density at radius 3 is 2.00 bits per heavy atom. The van der Waals surface area contributed by atoms with E-state index in [9.17, 15) is 0 Å². The van der Waals surface area contributed by atoms with Crippen LogP contribution in [0, 0.1) is 0 Å². The van der Waals surface area contributed by atoms with E-state index in [1.807, 2.05) is 7.05 Å². The highest BCUT2D eigenvalue weighted by Gasteiger charge is 2.13. The van der Waals surface area contributed by atoms with Crippen LogP contribution in [-0.4, -0.2) is 48.6 Å². The predicted molar refractivity (Wildman–Crippen MR) is 85.8 cm³/mol. The summed E-state index contributed by atoms with van der Waals surface area (Å²) in [6.45, 7) is 17.5. The van der Waals surface area contributed by atoms with Crippen molar-refractivity contribution < 1.29 is 0 Å². The lowest BCUT2D eigenvalue weighted by Gasteiger charge is -2.30. The molecular formula is C15H34N4. The van der Waals surface area contributed by atoms with E-state index in [4.69, 9.17) is 0 Å². The van der Waals surface area contributed by atoms with Crippen LogP contribution in [0.1, 0.15) is 54.9 Å². The number of aliphatic imine (C=N–C) groups is 1. The van der Waals surface area contributed by atoms with Gasteiger partial charge in [-0.1, -0.05) is 0 Å². The highest BCUT2D eigenvalue weighted by molar-refractivity contribution is 5.80. The first-order valence-electron chi connectivity index (χ1n) is 7.42. The second-order valence-corrected chi connectivity index (χ2v) is 6.65. The van der Waals surface area contributed by atoms with E-state index >= 15 is 0 Å². The Labute approximate surface area is 120 Å². The molecule has 0 amide bonds. The van der Waals surface area contributed by atoms with Gasteiger partial charge in [0.1, 0.15) is 0 Å². The average Bonchev–Trinajstić information content (AvgIpc) is 2.24. The molecule has 0 aliphatic rings. The summed E-state index contributed by atoms with van der Waals surface area (Å²) in [4.78, 5) is 6.76. The number of guanidine groups is 1. The van der Waals surface area contributed by atoms with E-state index in [0.29, 0.717) is 12.1 Å². The van der Waals surface area contributed by atoms with Crippen LogP contribution in [0.3, 0.4) is 0 Å². The molecule has 114 valence electrons. The minimum Gasteiger partial charge on any atom is -0.356 e. The maximum absolute atomic E-state index is 4.24. The van der Waals surface area contributed by atoms with E-state index in [1.165, 1.54) is 0 Å². The van der Waals surface area contributed by atoms with Crippen molar-refractivity contribution in [3.8, 4) is 0 Å². The molecule has 0 aliphatic carbocycles. The number of rotatable bonds is 6. The van der Waals surface area contributed by atoms with Crippen LogP contribution in [0.5, 0.6) is 0 Å². The summed E-state index contributed by atoms with van der Waals surface area (Å²) in [7, 11) is 1.82. The van der Waals surface area contributed by atoms with Crippen LogP contribution in [0.4, 0.5) is 0 Å². The molecule has 0 fully saturated rings. The van der Waals surface area contributed by atoms with Gasteiger partial charge < -0.3 is 10.6 Å². The van der Waals surface area contributed by atoms with Crippen molar-refractivity contribution in [2.24, 2.45) is 4.99 Å². The fourth-order valence-electron chi connectivity index (χ4n) is 2.12. The molecular weight excluding hydrogens is 236 g/mol. The van der Waals surface area contributed by atoms with Gasteiger partial charge in [0.05, 0.1) is 0 Å². The van der Waals surface area contributed by atoms with Gasteiger partial charge >= 0.3 is 0 Å². The smallest absolute Gasteiger partial charge is 0.191 e. The van der Waals surface area contributed by atoms with Crippen LogP contribution in [0.15, 0.2) is 4.99 Å². The average molecular weight is 270 g/mol. The maximum Gasteiger partial charge on any atom is 0.191 e. The SMILES string of the molecule is CN=C(NCCCN(C(C)C)C(C)C)NC(C)(C)C. The van der Waals surface area contributed by atoms with E-state index in [2.05, 4.69) is 69.0 Å². The minimum absolute atomic E-state index is 0.0454. The Bertz CT molecular complexity index is 256. The van der Waals surface area contributed by atoms with Crippen molar-refractivity contribution in [1.29, 1.82) is 0 Å². The van der Waals surface area contributed by atoms with Gasteiger partial charge in [0, 0.05) is 37.8 Å². The van der Waals surface area contributed by atoms with E-state index in [1.54, 1.807) is 0 Å². The largest absolute Gasteiger partial charge is 0.356 e. The zero-order valence-electron chi connectivity index (χ0n) is 14.2. The van der Waals surface area contributed by atoms with Gasteiger partial charge in [-0.2, -0.15) is 0 Å². The summed E-state index contributed by atoms with van der Waals surface area (Å²) in [5.74, 6) is 0.883. The molecule has 4 nitrogen and oxygen atoms in total. The van der Waals surface area contributed by atoms with Gasteiger partial charge in [0.2, 0.25) is 0 Å². The first-order chi connectivity index (χ1) is 8.67. The standard InChI is InChI=1S/C15H34N4/c1-12(2)19(13(3)4)11-9-10-17-14(16-8)18-15(5,6)7/h12-13H,9-11H2,1-8H3,(H2,16,17,18). The first-order valence-corrected chi connectivity index (χ1v) is 7.42. The summed E-state index contributed by atoms with van der Waals surface area (Å²) < 4.78 is 0. The van der Waals surface area contributed by atoms with E-state index < -0.39 is 0 Å². The van der Waals surface area contributed by atoms with E-state index in [0.717, 1.165) is 25.5 Å². The molecule has 4 heteroatoms. The highest BCUT2D eigenvalue weighted by Crippen LogP contribution is 2.05. The van der Waals surface area contributed by atoms with Crippen molar-refractivity contribution in [3.63, 3.8) is 0 Å². The molecule has 2 N–H and O–H groups in total. The fourth-order valence-corrected chi connectivity index (χ4v) is 2.12. The zero-order valence-corrected chi connectivity index (χ0v) is 14.2. The summed E-state index contributed by atoms with van der Waals surface area (Å²) >= 11 is 0. The molecule has 19 heavy (non-hydrogen) atoms. The molecule has 0 atom stereocenters. The first kappa shape index (κ1) is 18.2. The van der Waals surface area contributed by atoms with Crippen LogP contribution in [0.2, 0.25) is 0 Å². The summed E-state index contributed by atoms with van der Waals surface area (Å²) in [5, 5.41) is 6.74. The lowest BCUT2D eigenvalue weighted by atomic mass is 10.1. The van der Waals surface area contributed by atoms with E-state index in [-0.39, 0.29) is 5.54 Å². The van der Waals surface area contributed by atoms with Crippen molar-refractivity contribution in [3.05, 3.63) is 0 Å². The number of hydrogen-bond acceptors (Lipinski definition) is 2. The molecule has 0 saturated carbocycles. The minimum atomic E-state index is 0.0454. The fraction of sp³-hybridized carbons (Fsp3) is 0.933. The monoisotopic (exact) mass is 270 g/mol. The van der Waals surface area contributed by atoms with Gasteiger partial charge in [-0.3, -0.25) is 9.89 Å². The van der Waals surface area contributed by atoms with Crippen molar-refractivity contribution in [2.45, 2.75) is 72.5 Å². The summed E-state index contributed by atoms with van der Waals surface area (Å²) in [6, 6.07) is 1.21. The number of nitrogens with zero attached hydrogens (tertiary/aromatic N) is 2. The highest BCUT2D eigenvalue weighted by atomic mass is 15.2. The summed E-state index contributed by atoms with van der Waals surface area (Å²) in [6.07, 6.45) is 1.13. The third kappa shape index (κ3) is 8.87. The molecule has 0 rings (SSSR count). The van der Waals surface area contributed by atoms with Crippen LogP contribution < -0.4 is 10.6 Å². The van der Waals surface area contributed by atoms with Crippen molar-refractivity contribution in [2.75, 3.05) is 20.1 Å². The molecule has 0 bridgehead atoms. The second-order valence-electron chi connectivity index (χ2n) is 6.65. The molecule has 0 aromatic heterocycles. The van der Waals surface area contributed by atoms with Crippen LogP contribution in [-0.2, 0) is 0 Å². The van der Waals surface area contributed by atoms with Crippen molar-refractivity contribution >= 4 is 5.96 Å². The molecule has 0 aliphatic heterocycles. The normalized spacial score (nSPS) is 13.5. The molecule has 0 aromatic carbocycles. The van der Waals surface area contributed by atoms with Gasteiger partial charge in [-0.25, -0.2) is 0 Å². The Balaban J connectivity index is 4.02. The second kappa shape index (κ2) is 8.41. The molecule has 0 unspecified atom stereocenters. The molecule has 0 aromatic rings. The zero-order chi connectivity index (χ0) is 15.1. The van der Waals surface area contributed by atoms with Crippen LogP contribution >= 0.6 is 0 Å². The Hall–Kier alpha value is -0.770. The Morgan fingerprint density at radius 2 is 1.63 bits per heavy atom. The lowest BCUT2D eigenvalue weighted by Crippen LogP contribution is -2.48. The van der Waals surface area contributed by atoms with Crippen molar-refractivity contribution in [1.82, 2.24) is 15.5 Å². The lowest BCUT2D eigenvalue weighted by molar-refractivity contribution is 0.173. The predicted octanol–water partition coefficient (Wildman–Crippen LogP) is 2.46. The number of nitrogens with one attached hydrogen (secondary N) is 2. The summed E-state index contributed by atoms with van der Waals surface area (Å²) in [5.41, 5.74) is 0.0454. The van der Waals surface area contributed by atoms with Gasteiger partial charge in [0.15, 0.2) is 5.96 Å². The molecule has 0 saturated heterocycles. The third-order valence-corrected chi connectivity index (χ3v) is 2.93. The van der Waals surface area contributed by atoms with Crippen LogP contribution in [0.25, 0.3) is 0 Å². The quantitative estimate of drug-likeness (QED) is 0.442. The topological polar surface area (TPSA) is 39.7 Å². The van der Waals surface area contributed by atoms with Gasteiger partial charge in [0.25, 0.3) is 0 Å². The third-order valence-electron chi connectivity index (χ3n) is 2.93. The van der Waals surface area contributed by atoms with Gasteiger partial charge in [-0.05, 0) is 54.9 Å². The molecule has 0 spiro atoms. The van der Waals surface area contributed by atoms with Gasteiger partial charge in [-0.15, -0.1) is 0 Å². The molecule has 0 heterocycles. The molecule has 0 radical (unpaired) electrons. The number of hydrogen-bond donors (Lipinski definition) is 2. The Kier molecular flexibility index (Phi) is 8.07. The maximum atomic E-state index is 4.24.